The second-order valence-corrected chi connectivity index (χ2v) is 8.54. The molecule has 2 saturated heterocycles. The van der Waals surface area contributed by atoms with Crippen molar-refractivity contribution >= 4 is 26.7 Å². The maximum absolute atomic E-state index is 13.4. The van der Waals surface area contributed by atoms with Crippen molar-refractivity contribution in [3.05, 3.63) is 42.5 Å². The lowest BCUT2D eigenvalue weighted by atomic mass is 10.1. The highest BCUT2D eigenvalue weighted by Crippen LogP contribution is 2.29. The number of sulfonamides is 1. The summed E-state index contributed by atoms with van der Waals surface area (Å²) in [4.78, 5) is 14.4. The van der Waals surface area contributed by atoms with Crippen molar-refractivity contribution in [3.63, 3.8) is 0 Å². The van der Waals surface area contributed by atoms with Gasteiger partial charge < -0.3 is 9.64 Å². The van der Waals surface area contributed by atoms with Crippen molar-refractivity contribution in [2.24, 2.45) is 5.92 Å². The molecular formula is C18H20N2O4S. The molecule has 2 heterocycles. The second-order valence-electron chi connectivity index (χ2n) is 6.64. The van der Waals surface area contributed by atoms with E-state index in [0.717, 1.165) is 5.39 Å². The first-order valence-electron chi connectivity index (χ1n) is 8.31. The number of hydrogen-bond acceptors (Lipinski definition) is 4. The molecule has 4 rings (SSSR count). The fourth-order valence-electron chi connectivity index (χ4n) is 3.61. The van der Waals surface area contributed by atoms with Gasteiger partial charge in [-0.05, 0) is 11.5 Å². The SMILES string of the molecule is CN1C(=O)[C@H]2COC[C@@H]1CN(S(=O)(=O)c1cccc3ccccc13)C2. The van der Waals surface area contributed by atoms with Crippen molar-refractivity contribution in [3.8, 4) is 0 Å². The highest BCUT2D eigenvalue weighted by atomic mass is 32.2. The van der Waals surface area contributed by atoms with Gasteiger partial charge in [0.15, 0.2) is 0 Å². The number of carbonyl (C=O) groups excluding carboxylic acids is 1. The molecule has 25 heavy (non-hydrogen) atoms. The second kappa shape index (κ2) is 6.09. The van der Waals surface area contributed by atoms with Crippen LogP contribution in [-0.4, -0.2) is 62.9 Å². The van der Waals surface area contributed by atoms with Crippen LogP contribution in [0.4, 0.5) is 0 Å². The average Bonchev–Trinajstić information content (AvgIpc) is 2.79. The lowest BCUT2D eigenvalue weighted by Crippen LogP contribution is -2.45. The Morgan fingerprint density at radius 1 is 1.04 bits per heavy atom. The smallest absolute Gasteiger partial charge is 0.243 e. The summed E-state index contributed by atoms with van der Waals surface area (Å²) in [6.07, 6.45) is 0. The van der Waals surface area contributed by atoms with E-state index in [1.165, 1.54) is 4.31 Å². The summed E-state index contributed by atoms with van der Waals surface area (Å²) in [7, 11) is -1.98. The van der Waals surface area contributed by atoms with Crippen molar-refractivity contribution < 1.29 is 17.9 Å². The van der Waals surface area contributed by atoms with Crippen LogP contribution in [0.25, 0.3) is 10.8 Å². The molecule has 2 aromatic carbocycles. The molecule has 2 bridgehead atoms. The summed E-state index contributed by atoms with van der Waals surface area (Å²) < 4.78 is 33.7. The first-order valence-corrected chi connectivity index (χ1v) is 9.75. The standard InChI is InChI=1S/C18H20N2O4S/c1-19-15-10-20(9-14(18(19)21)11-24-12-15)25(22,23)17-8-4-6-13-5-2-3-7-16(13)17/h2-8,14-15H,9-12H2,1H3/t14-,15+/m1/s1. The van der Waals surface area contributed by atoms with Gasteiger partial charge in [0, 0.05) is 25.5 Å². The Labute approximate surface area is 147 Å². The Bertz CT molecular complexity index is 922. The lowest BCUT2D eigenvalue weighted by molar-refractivity contribution is -0.133. The molecule has 0 N–H and O–H groups in total. The van der Waals surface area contributed by atoms with Crippen molar-refractivity contribution in [2.45, 2.75) is 10.9 Å². The van der Waals surface area contributed by atoms with Crippen LogP contribution < -0.4 is 0 Å². The van der Waals surface area contributed by atoms with Gasteiger partial charge in [0.25, 0.3) is 0 Å². The monoisotopic (exact) mass is 360 g/mol. The molecule has 2 fully saturated rings. The van der Waals surface area contributed by atoms with Crippen molar-refractivity contribution in [1.29, 1.82) is 0 Å². The van der Waals surface area contributed by atoms with E-state index < -0.39 is 15.9 Å². The van der Waals surface area contributed by atoms with Crippen LogP contribution in [0.2, 0.25) is 0 Å². The molecule has 2 aliphatic rings. The number of nitrogens with zero attached hydrogens (tertiary/aromatic N) is 2. The number of rotatable bonds is 2. The van der Waals surface area contributed by atoms with Crippen LogP contribution in [-0.2, 0) is 19.6 Å². The third-order valence-electron chi connectivity index (χ3n) is 5.08. The van der Waals surface area contributed by atoms with E-state index in [4.69, 9.17) is 4.74 Å². The number of amides is 1. The van der Waals surface area contributed by atoms with Gasteiger partial charge in [-0.25, -0.2) is 8.42 Å². The highest BCUT2D eigenvalue weighted by molar-refractivity contribution is 7.89. The summed E-state index contributed by atoms with van der Waals surface area (Å²) in [5, 5.41) is 1.59. The lowest BCUT2D eigenvalue weighted by Gasteiger charge is -2.29. The number of benzene rings is 2. The Morgan fingerprint density at radius 3 is 2.64 bits per heavy atom. The van der Waals surface area contributed by atoms with Crippen LogP contribution in [0, 0.1) is 5.92 Å². The fourth-order valence-corrected chi connectivity index (χ4v) is 5.35. The Hall–Kier alpha value is -1.96. The Morgan fingerprint density at radius 2 is 1.80 bits per heavy atom. The molecular weight excluding hydrogens is 340 g/mol. The largest absolute Gasteiger partial charge is 0.378 e. The predicted molar refractivity (Wildman–Crippen MR) is 93.6 cm³/mol. The Balaban J connectivity index is 1.79. The van der Waals surface area contributed by atoms with E-state index in [-0.39, 0.29) is 31.6 Å². The minimum atomic E-state index is -3.70. The number of carbonyl (C=O) groups is 1. The van der Waals surface area contributed by atoms with Gasteiger partial charge in [-0.2, -0.15) is 4.31 Å². The zero-order valence-electron chi connectivity index (χ0n) is 14.0. The van der Waals surface area contributed by atoms with Gasteiger partial charge in [-0.1, -0.05) is 36.4 Å². The average molecular weight is 360 g/mol. The summed E-state index contributed by atoms with van der Waals surface area (Å²) >= 11 is 0. The van der Waals surface area contributed by atoms with Gasteiger partial charge in [-0.3, -0.25) is 4.79 Å². The van der Waals surface area contributed by atoms with Crippen LogP contribution in [0.3, 0.4) is 0 Å². The zero-order valence-corrected chi connectivity index (χ0v) is 14.8. The maximum atomic E-state index is 13.4. The predicted octanol–water partition coefficient (Wildman–Crippen LogP) is 1.32. The van der Waals surface area contributed by atoms with Crippen LogP contribution in [0.1, 0.15) is 0 Å². The number of hydrogen-bond donors (Lipinski definition) is 0. The van der Waals surface area contributed by atoms with E-state index in [0.29, 0.717) is 16.9 Å². The topological polar surface area (TPSA) is 66.9 Å². The first-order chi connectivity index (χ1) is 12.0. The van der Waals surface area contributed by atoms with Crippen LogP contribution in [0.15, 0.2) is 47.4 Å². The molecule has 1 amide bonds. The molecule has 0 aliphatic carbocycles. The highest BCUT2D eigenvalue weighted by Gasteiger charge is 2.41. The summed E-state index contributed by atoms with van der Waals surface area (Å²) in [5.74, 6) is -0.500. The normalized spacial score (nSPS) is 25.2. The quantitative estimate of drug-likeness (QED) is 0.810. The number of likely N-dealkylation sites (N-methyl/N-ethyl adjacent to an activating group) is 1. The Kier molecular flexibility index (Phi) is 4.02. The molecule has 0 aromatic heterocycles. The molecule has 132 valence electrons. The van der Waals surface area contributed by atoms with Gasteiger partial charge in [0.1, 0.15) is 0 Å². The van der Waals surface area contributed by atoms with Crippen molar-refractivity contribution in [2.75, 3.05) is 33.4 Å². The third kappa shape index (κ3) is 2.72. The molecule has 0 unspecified atom stereocenters. The summed E-state index contributed by atoms with van der Waals surface area (Å²) in [6.45, 7) is 1.04. The minimum absolute atomic E-state index is 0.0434. The molecule has 0 radical (unpaired) electrons. The molecule has 6 nitrogen and oxygen atoms in total. The fraction of sp³-hybridized carbons (Fsp3) is 0.389. The van der Waals surface area contributed by atoms with Gasteiger partial charge in [0.2, 0.25) is 15.9 Å². The summed E-state index contributed by atoms with van der Waals surface area (Å²) in [5.41, 5.74) is 0. The summed E-state index contributed by atoms with van der Waals surface area (Å²) in [6, 6.07) is 12.5. The maximum Gasteiger partial charge on any atom is 0.243 e. The van der Waals surface area contributed by atoms with E-state index in [1.54, 1.807) is 24.1 Å². The third-order valence-corrected chi connectivity index (χ3v) is 6.97. The van der Waals surface area contributed by atoms with Gasteiger partial charge in [-0.15, -0.1) is 0 Å². The van der Waals surface area contributed by atoms with E-state index in [1.807, 2.05) is 30.3 Å². The van der Waals surface area contributed by atoms with E-state index >= 15 is 0 Å². The van der Waals surface area contributed by atoms with Crippen molar-refractivity contribution in [1.82, 2.24) is 9.21 Å². The van der Waals surface area contributed by atoms with Gasteiger partial charge >= 0.3 is 0 Å². The molecule has 2 atom stereocenters. The van der Waals surface area contributed by atoms with Crippen LogP contribution in [0.5, 0.6) is 0 Å². The first kappa shape index (κ1) is 16.5. The number of ether oxygens (including phenoxy) is 1. The molecule has 2 aliphatic heterocycles. The number of fused-ring (bicyclic) bond motifs is 4. The molecule has 0 saturated carbocycles. The molecule has 7 heteroatoms. The van der Waals surface area contributed by atoms with E-state index in [9.17, 15) is 13.2 Å². The van der Waals surface area contributed by atoms with E-state index in [2.05, 4.69) is 0 Å². The molecule has 2 aromatic rings. The van der Waals surface area contributed by atoms with Crippen LogP contribution >= 0.6 is 0 Å². The minimum Gasteiger partial charge on any atom is -0.378 e. The zero-order chi connectivity index (χ0) is 17.6. The molecule has 0 spiro atoms. The van der Waals surface area contributed by atoms with Gasteiger partial charge in [0.05, 0.1) is 30.1 Å².